The lowest BCUT2D eigenvalue weighted by Crippen LogP contribution is -2.40. The Hall–Kier alpha value is -3.58. The Balaban J connectivity index is 1.61. The fraction of sp³-hybridized carbons (Fsp3) is 0.125. The van der Waals surface area contributed by atoms with Gasteiger partial charge < -0.3 is 16.4 Å². The molecule has 0 aromatic heterocycles. The summed E-state index contributed by atoms with van der Waals surface area (Å²) in [5, 5.41) is 5.71. The molecule has 3 aromatic carbocycles. The van der Waals surface area contributed by atoms with E-state index in [-0.39, 0.29) is 17.6 Å². The van der Waals surface area contributed by atoms with Gasteiger partial charge in [-0.2, -0.15) is 0 Å². The van der Waals surface area contributed by atoms with E-state index in [9.17, 15) is 14.4 Å². The van der Waals surface area contributed by atoms with Crippen molar-refractivity contribution in [3.8, 4) is 0 Å². The summed E-state index contributed by atoms with van der Waals surface area (Å²) in [6, 6.07) is 24.6. The summed E-state index contributed by atoms with van der Waals surface area (Å²) in [5.74, 6) is -0.918. The van der Waals surface area contributed by atoms with Crippen molar-refractivity contribution < 1.29 is 14.4 Å². The molecule has 158 valence electrons. The summed E-state index contributed by atoms with van der Waals surface area (Å²) in [5.41, 5.74) is 7.33. The van der Waals surface area contributed by atoms with Gasteiger partial charge in [-0.05, 0) is 35.4 Å². The summed E-state index contributed by atoms with van der Waals surface area (Å²) in [6.45, 7) is 0.375. The highest BCUT2D eigenvalue weighted by atomic mass is 32.2. The smallest absolute Gasteiger partial charge is 0.248 e. The lowest BCUT2D eigenvalue weighted by Gasteiger charge is -2.19. The molecule has 3 rings (SSSR count). The number of amides is 3. The number of hydrogen-bond donors (Lipinski definition) is 3. The average molecular weight is 434 g/mol. The first-order valence-electron chi connectivity index (χ1n) is 9.71. The Morgan fingerprint density at radius 2 is 1.45 bits per heavy atom. The van der Waals surface area contributed by atoms with Crippen LogP contribution in [0.25, 0.3) is 0 Å². The zero-order chi connectivity index (χ0) is 22.1. The van der Waals surface area contributed by atoms with E-state index < -0.39 is 11.9 Å². The van der Waals surface area contributed by atoms with Crippen LogP contribution in [0.2, 0.25) is 0 Å². The van der Waals surface area contributed by atoms with Crippen LogP contribution in [0, 0.1) is 0 Å². The van der Waals surface area contributed by atoms with Gasteiger partial charge in [0.1, 0.15) is 6.04 Å². The first-order valence-corrected chi connectivity index (χ1v) is 10.7. The topological polar surface area (TPSA) is 101 Å². The average Bonchev–Trinajstić information content (AvgIpc) is 2.81. The van der Waals surface area contributed by atoms with E-state index in [1.165, 1.54) is 11.8 Å². The van der Waals surface area contributed by atoms with E-state index >= 15 is 0 Å². The molecule has 0 radical (unpaired) electrons. The second kappa shape index (κ2) is 11.0. The number of thioether (sulfide) groups is 1. The zero-order valence-electron chi connectivity index (χ0n) is 16.8. The summed E-state index contributed by atoms with van der Waals surface area (Å²) in [4.78, 5) is 37.4. The van der Waals surface area contributed by atoms with Crippen LogP contribution in [0.5, 0.6) is 0 Å². The fourth-order valence-corrected chi connectivity index (χ4v) is 3.61. The minimum Gasteiger partial charge on any atom is -0.366 e. The van der Waals surface area contributed by atoms with Crippen LogP contribution in [0.1, 0.15) is 27.5 Å². The maximum absolute atomic E-state index is 12.9. The minimum absolute atomic E-state index is 0.130. The summed E-state index contributed by atoms with van der Waals surface area (Å²) in [6.07, 6.45) is 0. The summed E-state index contributed by atoms with van der Waals surface area (Å²) in [7, 11) is 0. The molecule has 0 saturated heterocycles. The van der Waals surface area contributed by atoms with E-state index in [2.05, 4.69) is 10.6 Å². The largest absolute Gasteiger partial charge is 0.366 e. The molecular weight excluding hydrogens is 410 g/mol. The fourth-order valence-electron chi connectivity index (χ4n) is 2.90. The molecule has 0 heterocycles. The van der Waals surface area contributed by atoms with Crippen LogP contribution in [0.15, 0.2) is 89.8 Å². The third-order valence-corrected chi connectivity index (χ3v) is 5.53. The van der Waals surface area contributed by atoms with Gasteiger partial charge in [0.15, 0.2) is 0 Å². The molecule has 7 heteroatoms. The lowest BCUT2D eigenvalue weighted by molar-refractivity contribution is -0.128. The first kappa shape index (κ1) is 22.1. The standard InChI is InChI=1S/C24H23N3O3S/c25-23(29)19-11-13-20(14-12-19)31-16-21(28)27-22(18-9-5-2-6-10-18)24(30)26-15-17-7-3-1-4-8-17/h1-14,22H,15-16H2,(H2,25,29)(H,26,30)(H,27,28). The molecule has 0 fully saturated rings. The molecule has 0 aliphatic carbocycles. The van der Waals surface area contributed by atoms with Crippen molar-refractivity contribution in [2.24, 2.45) is 5.73 Å². The van der Waals surface area contributed by atoms with E-state index in [1.807, 2.05) is 60.7 Å². The molecule has 4 N–H and O–H groups in total. The molecule has 31 heavy (non-hydrogen) atoms. The molecular formula is C24H23N3O3S. The van der Waals surface area contributed by atoms with E-state index in [1.54, 1.807) is 24.3 Å². The third-order valence-electron chi connectivity index (χ3n) is 4.52. The van der Waals surface area contributed by atoms with E-state index in [4.69, 9.17) is 5.73 Å². The molecule has 6 nitrogen and oxygen atoms in total. The normalized spacial score (nSPS) is 11.4. The summed E-state index contributed by atoms with van der Waals surface area (Å²) >= 11 is 1.31. The Kier molecular flexibility index (Phi) is 7.84. The molecule has 0 saturated carbocycles. The molecule has 0 aliphatic rings. The van der Waals surface area contributed by atoms with Crippen LogP contribution in [-0.2, 0) is 16.1 Å². The second-order valence-corrected chi connectivity index (χ2v) is 7.84. The van der Waals surface area contributed by atoms with Gasteiger partial charge in [-0.1, -0.05) is 60.7 Å². The maximum Gasteiger partial charge on any atom is 0.248 e. The van der Waals surface area contributed by atoms with Gasteiger partial charge in [-0.15, -0.1) is 11.8 Å². The summed E-state index contributed by atoms with van der Waals surface area (Å²) < 4.78 is 0. The van der Waals surface area contributed by atoms with Crippen molar-refractivity contribution in [2.75, 3.05) is 5.75 Å². The second-order valence-electron chi connectivity index (χ2n) is 6.79. The Morgan fingerprint density at radius 3 is 2.06 bits per heavy atom. The highest BCUT2D eigenvalue weighted by molar-refractivity contribution is 8.00. The van der Waals surface area contributed by atoms with Crippen LogP contribution in [-0.4, -0.2) is 23.5 Å². The third kappa shape index (κ3) is 6.72. The van der Waals surface area contributed by atoms with Crippen molar-refractivity contribution in [3.63, 3.8) is 0 Å². The molecule has 3 amide bonds. The SMILES string of the molecule is NC(=O)c1ccc(SCC(=O)NC(C(=O)NCc2ccccc2)c2ccccc2)cc1. The van der Waals surface area contributed by atoms with E-state index in [0.717, 1.165) is 10.5 Å². The number of carbonyl (C=O) groups is 3. The number of carbonyl (C=O) groups excluding carboxylic acids is 3. The highest BCUT2D eigenvalue weighted by Gasteiger charge is 2.22. The van der Waals surface area contributed by atoms with Crippen molar-refractivity contribution >= 4 is 29.5 Å². The van der Waals surface area contributed by atoms with Crippen molar-refractivity contribution in [2.45, 2.75) is 17.5 Å². The monoisotopic (exact) mass is 433 g/mol. The highest BCUT2D eigenvalue weighted by Crippen LogP contribution is 2.19. The molecule has 0 aliphatic heterocycles. The molecule has 1 atom stereocenters. The number of hydrogen-bond acceptors (Lipinski definition) is 4. The number of benzene rings is 3. The van der Waals surface area contributed by atoms with Crippen molar-refractivity contribution in [1.82, 2.24) is 10.6 Å². The number of rotatable bonds is 9. The predicted octanol–water partition coefficient (Wildman–Crippen LogP) is 3.05. The number of nitrogens with two attached hydrogens (primary N) is 1. The molecule has 0 spiro atoms. The maximum atomic E-state index is 12.9. The quantitative estimate of drug-likeness (QED) is 0.452. The van der Waals surface area contributed by atoms with Gasteiger partial charge in [0.25, 0.3) is 0 Å². The molecule has 3 aromatic rings. The van der Waals surface area contributed by atoms with Gasteiger partial charge in [-0.25, -0.2) is 0 Å². The zero-order valence-corrected chi connectivity index (χ0v) is 17.6. The number of primary amides is 1. The van der Waals surface area contributed by atoms with Crippen LogP contribution in [0.3, 0.4) is 0 Å². The number of nitrogens with one attached hydrogen (secondary N) is 2. The van der Waals surface area contributed by atoms with Crippen LogP contribution >= 0.6 is 11.8 Å². The molecule has 0 bridgehead atoms. The van der Waals surface area contributed by atoms with Crippen molar-refractivity contribution in [1.29, 1.82) is 0 Å². The molecule has 1 unspecified atom stereocenters. The lowest BCUT2D eigenvalue weighted by atomic mass is 10.1. The minimum atomic E-state index is -0.796. The van der Waals surface area contributed by atoms with Gasteiger partial charge in [0.2, 0.25) is 17.7 Å². The van der Waals surface area contributed by atoms with Gasteiger partial charge in [-0.3, -0.25) is 14.4 Å². The van der Waals surface area contributed by atoms with Crippen LogP contribution < -0.4 is 16.4 Å². The Bertz CT molecular complexity index is 1020. The van der Waals surface area contributed by atoms with E-state index in [0.29, 0.717) is 17.7 Å². The van der Waals surface area contributed by atoms with Crippen molar-refractivity contribution in [3.05, 3.63) is 102 Å². The van der Waals surface area contributed by atoms with Gasteiger partial charge >= 0.3 is 0 Å². The Morgan fingerprint density at radius 1 is 0.839 bits per heavy atom. The van der Waals surface area contributed by atoms with Gasteiger partial charge in [0.05, 0.1) is 5.75 Å². The Labute approximate surface area is 185 Å². The first-order chi connectivity index (χ1) is 15.0. The predicted molar refractivity (Wildman–Crippen MR) is 121 cm³/mol. The van der Waals surface area contributed by atoms with Crippen LogP contribution in [0.4, 0.5) is 0 Å². The van der Waals surface area contributed by atoms with Gasteiger partial charge in [0, 0.05) is 17.0 Å².